The molecule has 2 heterocycles. The van der Waals surface area contributed by atoms with Crippen molar-refractivity contribution in [3.8, 4) is 0 Å². The molecule has 0 amide bonds. The van der Waals surface area contributed by atoms with Crippen LogP contribution in [0.15, 0.2) is 0 Å². The van der Waals surface area contributed by atoms with Crippen molar-refractivity contribution in [2.24, 2.45) is 7.05 Å². The summed E-state index contributed by atoms with van der Waals surface area (Å²) in [7, 11) is -1.61. The molecule has 19 heavy (non-hydrogen) atoms. The molecule has 1 aliphatic rings. The number of hydrogen-bond acceptors (Lipinski definition) is 6. The summed E-state index contributed by atoms with van der Waals surface area (Å²) in [6, 6.07) is 0. The van der Waals surface area contributed by atoms with Gasteiger partial charge in [0.05, 0.1) is 12.4 Å². The van der Waals surface area contributed by atoms with Crippen LogP contribution in [-0.4, -0.2) is 41.5 Å². The highest BCUT2D eigenvalue weighted by Crippen LogP contribution is 2.32. The highest BCUT2D eigenvalue weighted by Gasteiger charge is 2.34. The van der Waals surface area contributed by atoms with Crippen LogP contribution in [0.2, 0.25) is 0 Å². The molecule has 1 saturated heterocycles. The van der Waals surface area contributed by atoms with Crippen LogP contribution in [0.4, 0.5) is 0 Å². The van der Waals surface area contributed by atoms with Gasteiger partial charge in [0.2, 0.25) is 0 Å². The third kappa shape index (κ3) is 2.78. The number of rotatable bonds is 3. The topological polar surface area (TPSA) is 91.1 Å². The van der Waals surface area contributed by atoms with Gasteiger partial charge in [0, 0.05) is 7.05 Å². The molecule has 0 bridgehead atoms. The van der Waals surface area contributed by atoms with Gasteiger partial charge in [-0.25, -0.2) is 18.2 Å². The molecule has 106 valence electrons. The van der Waals surface area contributed by atoms with Crippen LogP contribution < -0.4 is 0 Å². The third-order valence-corrected chi connectivity index (χ3v) is 5.29. The van der Waals surface area contributed by atoms with E-state index < -0.39 is 21.1 Å². The van der Waals surface area contributed by atoms with Crippen LogP contribution in [-0.2, 0) is 21.6 Å². The Labute approximate surface area is 111 Å². The van der Waals surface area contributed by atoms with E-state index in [0.29, 0.717) is 18.7 Å². The Kier molecular flexibility index (Phi) is 3.88. The molecule has 1 unspecified atom stereocenters. The van der Waals surface area contributed by atoms with Crippen LogP contribution in [0.25, 0.3) is 0 Å². The maximum absolute atomic E-state index is 12.0. The lowest BCUT2D eigenvalue weighted by Crippen LogP contribution is -2.24. The lowest BCUT2D eigenvalue weighted by Gasteiger charge is -2.20. The number of aryl methyl sites for hydroxylation is 1. The average molecular weight is 287 g/mol. The first-order valence-electron chi connectivity index (χ1n) is 6.25. The van der Waals surface area contributed by atoms with Crippen LogP contribution in [0, 0.1) is 0 Å². The van der Waals surface area contributed by atoms with Gasteiger partial charge in [-0.1, -0.05) is 6.42 Å². The largest absolute Gasteiger partial charge is 0.460 e. The summed E-state index contributed by atoms with van der Waals surface area (Å²) in [5, 5.41) is 3.27. The zero-order chi connectivity index (χ0) is 14.0. The van der Waals surface area contributed by atoms with Crippen molar-refractivity contribution < 1.29 is 17.9 Å². The van der Waals surface area contributed by atoms with Gasteiger partial charge in [-0.15, -0.1) is 5.10 Å². The molecule has 7 nitrogen and oxygen atoms in total. The molecule has 8 heteroatoms. The van der Waals surface area contributed by atoms with Gasteiger partial charge in [-0.05, 0) is 19.8 Å². The Morgan fingerprint density at radius 1 is 1.47 bits per heavy atom. The minimum atomic E-state index is -3.20. The molecule has 0 N–H and O–H groups in total. The van der Waals surface area contributed by atoms with Gasteiger partial charge in [-0.2, -0.15) is 0 Å². The van der Waals surface area contributed by atoms with Gasteiger partial charge in [0.15, 0.2) is 9.84 Å². The van der Waals surface area contributed by atoms with E-state index in [2.05, 4.69) is 10.1 Å². The molecule has 0 radical (unpaired) electrons. The molecule has 2 rings (SSSR count). The normalized spacial score (nSPS) is 22.1. The number of esters is 1. The minimum absolute atomic E-state index is 0.0832. The molecule has 1 aromatic rings. The highest BCUT2D eigenvalue weighted by molar-refractivity contribution is 7.91. The van der Waals surface area contributed by atoms with Crippen molar-refractivity contribution in [3.63, 3.8) is 0 Å². The molecule has 1 fully saturated rings. The summed E-state index contributed by atoms with van der Waals surface area (Å²) in [6.45, 7) is 1.92. The number of hydrogen-bond donors (Lipinski definition) is 0. The maximum atomic E-state index is 12.0. The molecular weight excluding hydrogens is 270 g/mol. The lowest BCUT2D eigenvalue weighted by molar-refractivity contribution is 0.0511. The predicted molar refractivity (Wildman–Crippen MR) is 67.3 cm³/mol. The zero-order valence-corrected chi connectivity index (χ0v) is 11.8. The van der Waals surface area contributed by atoms with Crippen LogP contribution in [0.1, 0.15) is 47.9 Å². The Bertz CT molecular complexity index is 579. The van der Waals surface area contributed by atoms with Crippen molar-refractivity contribution in [2.75, 3.05) is 12.4 Å². The minimum Gasteiger partial charge on any atom is -0.460 e. The van der Waals surface area contributed by atoms with E-state index in [1.807, 2.05) is 0 Å². The zero-order valence-electron chi connectivity index (χ0n) is 11.0. The van der Waals surface area contributed by atoms with Crippen LogP contribution >= 0.6 is 0 Å². The van der Waals surface area contributed by atoms with Crippen molar-refractivity contribution in [1.82, 2.24) is 14.8 Å². The predicted octanol–water partition coefficient (Wildman–Crippen LogP) is 0.632. The van der Waals surface area contributed by atoms with Gasteiger partial charge in [0.25, 0.3) is 5.82 Å². The summed E-state index contributed by atoms with van der Waals surface area (Å²) < 4.78 is 30.3. The van der Waals surface area contributed by atoms with Crippen LogP contribution in [0.3, 0.4) is 0 Å². The van der Waals surface area contributed by atoms with Gasteiger partial charge in [0.1, 0.15) is 11.1 Å². The lowest BCUT2D eigenvalue weighted by atomic mass is 10.2. The fourth-order valence-corrected chi connectivity index (χ4v) is 4.15. The molecule has 0 aromatic carbocycles. The number of nitrogens with zero attached hydrogens (tertiary/aromatic N) is 3. The van der Waals surface area contributed by atoms with E-state index in [0.717, 1.165) is 6.42 Å². The van der Waals surface area contributed by atoms with Gasteiger partial charge >= 0.3 is 5.97 Å². The molecule has 0 aliphatic carbocycles. The van der Waals surface area contributed by atoms with Crippen molar-refractivity contribution >= 4 is 15.8 Å². The third-order valence-electron chi connectivity index (χ3n) is 3.12. The number of aromatic nitrogens is 3. The summed E-state index contributed by atoms with van der Waals surface area (Å²) >= 11 is 0. The second-order valence-corrected chi connectivity index (χ2v) is 6.79. The summed E-state index contributed by atoms with van der Waals surface area (Å²) in [5.41, 5.74) is 0. The molecule has 0 saturated carbocycles. The first-order valence-corrected chi connectivity index (χ1v) is 7.97. The molecule has 0 spiro atoms. The number of ether oxygens (including phenoxy) is 1. The number of sulfone groups is 1. The highest BCUT2D eigenvalue weighted by atomic mass is 32.2. The standard InChI is InChI=1S/C11H17N3O4S/c1-3-18-11(15)9-12-10(14(2)13-9)8-6-4-5-7-19(8,16)17/h8H,3-7H2,1-2H3. The summed E-state index contributed by atoms with van der Waals surface area (Å²) in [5.74, 6) is -0.223. The molecule has 1 aliphatic heterocycles. The smallest absolute Gasteiger partial charge is 0.378 e. The fourth-order valence-electron chi connectivity index (χ4n) is 2.20. The van der Waals surface area contributed by atoms with Crippen molar-refractivity contribution in [3.05, 3.63) is 11.6 Å². The van der Waals surface area contributed by atoms with Crippen LogP contribution in [0.5, 0.6) is 0 Å². The number of carbonyl (C=O) groups excluding carboxylic acids is 1. The monoisotopic (exact) mass is 287 g/mol. The van der Waals surface area contributed by atoms with E-state index in [4.69, 9.17) is 4.74 Å². The van der Waals surface area contributed by atoms with E-state index in [9.17, 15) is 13.2 Å². The first-order chi connectivity index (χ1) is 8.95. The first kappa shape index (κ1) is 14.0. The van der Waals surface area contributed by atoms with Gasteiger partial charge < -0.3 is 4.74 Å². The second kappa shape index (κ2) is 5.28. The maximum Gasteiger partial charge on any atom is 0.378 e. The fraction of sp³-hybridized carbons (Fsp3) is 0.727. The molecule has 1 aromatic heterocycles. The van der Waals surface area contributed by atoms with Crippen molar-refractivity contribution in [2.45, 2.75) is 31.4 Å². The Hall–Kier alpha value is -1.44. The number of carbonyl (C=O) groups is 1. The molecular formula is C11H17N3O4S. The Balaban J connectivity index is 2.32. The van der Waals surface area contributed by atoms with E-state index >= 15 is 0 Å². The average Bonchev–Trinajstić information content (AvgIpc) is 2.71. The van der Waals surface area contributed by atoms with E-state index in [1.165, 1.54) is 4.68 Å². The Morgan fingerprint density at radius 2 is 2.21 bits per heavy atom. The van der Waals surface area contributed by atoms with E-state index in [1.54, 1.807) is 14.0 Å². The molecule has 1 atom stereocenters. The second-order valence-electron chi connectivity index (χ2n) is 4.49. The quantitative estimate of drug-likeness (QED) is 0.757. The Morgan fingerprint density at radius 3 is 2.84 bits per heavy atom. The van der Waals surface area contributed by atoms with Crippen molar-refractivity contribution in [1.29, 1.82) is 0 Å². The van der Waals surface area contributed by atoms with Gasteiger partial charge in [-0.3, -0.25) is 4.68 Å². The van der Waals surface area contributed by atoms with E-state index in [-0.39, 0.29) is 18.2 Å². The SMILES string of the molecule is CCOC(=O)c1nc(C2CCCCS2(=O)=O)n(C)n1. The summed E-state index contributed by atoms with van der Waals surface area (Å²) in [4.78, 5) is 15.6. The summed E-state index contributed by atoms with van der Waals surface area (Å²) in [6.07, 6.45) is 2.05.